The molecular weight excluding hydrogens is 312 g/mol. The molecule has 0 atom stereocenters. The minimum atomic E-state index is -0.500. The molecule has 1 saturated heterocycles. The van der Waals surface area contributed by atoms with Gasteiger partial charge in [-0.05, 0) is 42.4 Å². The molecule has 1 aliphatic heterocycles. The fraction of sp³-hybridized carbons (Fsp3) is 0.235. The Hall–Kier alpha value is -2.47. The summed E-state index contributed by atoms with van der Waals surface area (Å²) in [6, 6.07) is 7.24. The molecule has 0 spiro atoms. The first kappa shape index (κ1) is 16.9. The zero-order valence-electron chi connectivity index (χ0n) is 12.9. The Morgan fingerprint density at radius 3 is 2.87 bits per heavy atom. The highest BCUT2D eigenvalue weighted by atomic mass is 32.1. The molecule has 0 aromatic heterocycles. The maximum Gasteiger partial charge on any atom is 0.265 e. The van der Waals surface area contributed by atoms with Crippen LogP contribution in [0.25, 0.3) is 6.08 Å². The van der Waals surface area contributed by atoms with Gasteiger partial charge in [0.15, 0.2) is 5.11 Å². The second-order valence-corrected chi connectivity index (χ2v) is 5.33. The summed E-state index contributed by atoms with van der Waals surface area (Å²) in [4.78, 5) is 25.8. The molecule has 23 heavy (non-hydrogen) atoms. The summed E-state index contributed by atoms with van der Waals surface area (Å²) in [5.41, 5.74) is 0.747. The first-order valence-corrected chi connectivity index (χ1v) is 7.70. The molecule has 1 N–H and O–H groups in total. The Morgan fingerprint density at radius 1 is 1.39 bits per heavy atom. The molecule has 0 unspecified atom stereocenters. The van der Waals surface area contributed by atoms with Crippen molar-refractivity contribution in [3.8, 4) is 5.75 Å². The largest absolute Gasteiger partial charge is 0.494 e. The fourth-order valence-corrected chi connectivity index (χ4v) is 2.32. The second-order valence-electron chi connectivity index (χ2n) is 4.94. The Labute approximate surface area is 140 Å². The molecule has 0 bridgehead atoms. The van der Waals surface area contributed by atoms with Gasteiger partial charge in [0.25, 0.3) is 11.8 Å². The van der Waals surface area contributed by atoms with E-state index in [1.54, 1.807) is 18.2 Å². The van der Waals surface area contributed by atoms with Crippen molar-refractivity contribution >= 4 is 35.2 Å². The van der Waals surface area contributed by atoms with Gasteiger partial charge in [-0.1, -0.05) is 25.1 Å². The molecule has 1 heterocycles. The lowest BCUT2D eigenvalue weighted by Gasteiger charge is -2.27. The van der Waals surface area contributed by atoms with Crippen LogP contribution in [0.15, 0.2) is 42.5 Å². The van der Waals surface area contributed by atoms with Crippen molar-refractivity contribution in [3.05, 3.63) is 48.1 Å². The smallest absolute Gasteiger partial charge is 0.265 e. The maximum atomic E-state index is 12.4. The van der Waals surface area contributed by atoms with Gasteiger partial charge in [-0.15, -0.1) is 6.58 Å². The number of hydrogen-bond acceptors (Lipinski definition) is 4. The van der Waals surface area contributed by atoms with Crippen LogP contribution in [0.2, 0.25) is 0 Å². The summed E-state index contributed by atoms with van der Waals surface area (Å²) in [5.74, 6) is -0.234. The lowest BCUT2D eigenvalue weighted by atomic mass is 10.1. The standard InChI is InChI=1S/C17H18N2O3S/c1-3-8-19-16(21)14(15(20)18-17(19)23)11-12-6-5-7-13(10-12)22-9-4-2/h3,5-7,10-11H,1,4,8-9H2,2H3,(H,18,20,23)/b14-11+. The molecule has 1 aliphatic rings. The normalized spacial score (nSPS) is 16.5. The van der Waals surface area contributed by atoms with E-state index < -0.39 is 11.8 Å². The number of nitrogens with zero attached hydrogens (tertiary/aromatic N) is 1. The Kier molecular flexibility index (Phi) is 5.65. The molecule has 6 heteroatoms. The monoisotopic (exact) mass is 330 g/mol. The van der Waals surface area contributed by atoms with E-state index in [1.807, 2.05) is 19.1 Å². The van der Waals surface area contributed by atoms with E-state index in [4.69, 9.17) is 17.0 Å². The van der Waals surface area contributed by atoms with Gasteiger partial charge in [0.2, 0.25) is 0 Å². The molecule has 1 aromatic rings. The van der Waals surface area contributed by atoms with Gasteiger partial charge in [-0.3, -0.25) is 19.8 Å². The summed E-state index contributed by atoms with van der Waals surface area (Å²) in [7, 11) is 0. The van der Waals surface area contributed by atoms with Crippen LogP contribution in [0.3, 0.4) is 0 Å². The molecule has 1 aromatic carbocycles. The molecule has 0 radical (unpaired) electrons. The lowest BCUT2D eigenvalue weighted by molar-refractivity contribution is -0.128. The van der Waals surface area contributed by atoms with E-state index in [0.29, 0.717) is 17.9 Å². The number of nitrogens with one attached hydrogen (secondary N) is 1. The van der Waals surface area contributed by atoms with E-state index >= 15 is 0 Å². The van der Waals surface area contributed by atoms with E-state index in [1.165, 1.54) is 11.0 Å². The van der Waals surface area contributed by atoms with Gasteiger partial charge in [0.05, 0.1) is 6.61 Å². The van der Waals surface area contributed by atoms with E-state index in [-0.39, 0.29) is 17.2 Å². The zero-order chi connectivity index (χ0) is 16.8. The summed E-state index contributed by atoms with van der Waals surface area (Å²) in [6.45, 7) is 6.47. The van der Waals surface area contributed by atoms with Gasteiger partial charge >= 0.3 is 0 Å². The number of carbonyl (C=O) groups is 2. The Balaban J connectivity index is 2.29. The van der Waals surface area contributed by atoms with Crippen molar-refractivity contribution in [1.82, 2.24) is 10.2 Å². The van der Waals surface area contributed by atoms with Crippen molar-refractivity contribution in [3.63, 3.8) is 0 Å². The van der Waals surface area contributed by atoms with Crippen LogP contribution in [0.4, 0.5) is 0 Å². The number of amides is 2. The number of rotatable bonds is 6. The minimum absolute atomic E-state index is 0.0353. The highest BCUT2D eigenvalue weighted by Crippen LogP contribution is 2.19. The van der Waals surface area contributed by atoms with Gasteiger partial charge in [-0.2, -0.15) is 0 Å². The number of carbonyl (C=O) groups excluding carboxylic acids is 2. The SMILES string of the molecule is C=CCN1C(=O)/C(=C/c2cccc(OCCC)c2)C(=O)NC1=S. The number of thiocarbonyl (C=S) groups is 1. The third kappa shape index (κ3) is 4.04. The summed E-state index contributed by atoms with van der Waals surface area (Å²) in [6.07, 6.45) is 3.99. The van der Waals surface area contributed by atoms with Gasteiger partial charge in [0, 0.05) is 6.54 Å². The van der Waals surface area contributed by atoms with Crippen LogP contribution < -0.4 is 10.1 Å². The maximum absolute atomic E-state index is 12.4. The molecule has 1 fully saturated rings. The molecular formula is C17H18N2O3S. The van der Waals surface area contributed by atoms with Crippen LogP contribution in [0.1, 0.15) is 18.9 Å². The summed E-state index contributed by atoms with van der Waals surface area (Å²) < 4.78 is 5.56. The predicted octanol–water partition coefficient (Wildman–Crippen LogP) is 2.29. The van der Waals surface area contributed by atoms with Crippen LogP contribution in [0, 0.1) is 0 Å². The minimum Gasteiger partial charge on any atom is -0.494 e. The first-order chi connectivity index (χ1) is 11.1. The molecule has 2 amide bonds. The van der Waals surface area contributed by atoms with Crippen molar-refractivity contribution in [2.75, 3.05) is 13.2 Å². The number of ether oxygens (including phenoxy) is 1. The van der Waals surface area contributed by atoms with Crippen molar-refractivity contribution < 1.29 is 14.3 Å². The molecule has 0 saturated carbocycles. The van der Waals surface area contributed by atoms with Crippen LogP contribution in [0.5, 0.6) is 5.75 Å². The third-order valence-corrected chi connectivity index (χ3v) is 3.46. The van der Waals surface area contributed by atoms with Gasteiger partial charge in [-0.25, -0.2) is 0 Å². The van der Waals surface area contributed by atoms with Gasteiger partial charge < -0.3 is 4.74 Å². The average molecular weight is 330 g/mol. The van der Waals surface area contributed by atoms with Crippen LogP contribution in [-0.2, 0) is 9.59 Å². The highest BCUT2D eigenvalue weighted by Gasteiger charge is 2.32. The van der Waals surface area contributed by atoms with Crippen LogP contribution in [-0.4, -0.2) is 35.0 Å². The topological polar surface area (TPSA) is 58.6 Å². The predicted molar refractivity (Wildman–Crippen MR) is 92.9 cm³/mol. The third-order valence-electron chi connectivity index (χ3n) is 3.14. The zero-order valence-corrected chi connectivity index (χ0v) is 13.7. The number of hydrogen-bond donors (Lipinski definition) is 1. The van der Waals surface area contributed by atoms with E-state index in [2.05, 4.69) is 11.9 Å². The molecule has 0 aliphatic carbocycles. The van der Waals surface area contributed by atoms with Crippen molar-refractivity contribution in [2.24, 2.45) is 0 Å². The fourth-order valence-electron chi connectivity index (χ4n) is 2.07. The second kappa shape index (κ2) is 7.69. The number of benzene rings is 1. The Bertz CT molecular complexity index is 682. The Morgan fingerprint density at radius 2 is 2.17 bits per heavy atom. The van der Waals surface area contributed by atoms with Crippen LogP contribution >= 0.6 is 12.2 Å². The summed E-state index contributed by atoms with van der Waals surface area (Å²) >= 11 is 5.01. The van der Waals surface area contributed by atoms with Crippen molar-refractivity contribution in [1.29, 1.82) is 0 Å². The van der Waals surface area contributed by atoms with E-state index in [9.17, 15) is 9.59 Å². The van der Waals surface area contributed by atoms with E-state index in [0.717, 1.165) is 6.42 Å². The molecule has 120 valence electrons. The molecule has 2 rings (SSSR count). The van der Waals surface area contributed by atoms with Gasteiger partial charge in [0.1, 0.15) is 11.3 Å². The lowest BCUT2D eigenvalue weighted by Crippen LogP contribution is -2.53. The quantitative estimate of drug-likeness (QED) is 0.376. The summed E-state index contributed by atoms with van der Waals surface area (Å²) in [5, 5.41) is 2.61. The first-order valence-electron chi connectivity index (χ1n) is 7.29. The highest BCUT2D eigenvalue weighted by molar-refractivity contribution is 7.80. The molecule has 5 nitrogen and oxygen atoms in total. The average Bonchev–Trinajstić information content (AvgIpc) is 2.54. The van der Waals surface area contributed by atoms with Crippen molar-refractivity contribution in [2.45, 2.75) is 13.3 Å².